The van der Waals surface area contributed by atoms with E-state index < -0.39 is 15.7 Å². The average Bonchev–Trinajstić information content (AvgIpc) is 2.58. The van der Waals surface area contributed by atoms with Gasteiger partial charge in [0.15, 0.2) is 0 Å². The molecule has 6 nitrogen and oxygen atoms in total. The number of carbonyl (C=O) groups excluding carboxylic acids is 1. The van der Waals surface area contributed by atoms with Gasteiger partial charge >= 0.3 is 6.09 Å². The van der Waals surface area contributed by atoms with Crippen LogP contribution in [0.2, 0.25) is 0 Å². The number of aryl methyl sites for hydroxylation is 1. The second kappa shape index (κ2) is 9.06. The highest BCUT2D eigenvalue weighted by molar-refractivity contribution is 7.86. The molecule has 7 heteroatoms. The van der Waals surface area contributed by atoms with Crippen LogP contribution >= 0.6 is 0 Å². The van der Waals surface area contributed by atoms with Crippen LogP contribution in [-0.2, 0) is 19.0 Å². The Morgan fingerprint density at radius 1 is 1.15 bits per heavy atom. The topological polar surface area (TPSA) is 72.9 Å². The van der Waals surface area contributed by atoms with E-state index in [0.29, 0.717) is 25.4 Å². The van der Waals surface area contributed by atoms with Crippen molar-refractivity contribution in [3.05, 3.63) is 29.8 Å². The van der Waals surface area contributed by atoms with Crippen molar-refractivity contribution in [1.29, 1.82) is 0 Å². The molecule has 152 valence electrons. The standard InChI is InChI=1S/C20H31NO5S/c1-16-7-9-18(10-8-16)27(23,24)25-15-5-6-17-11-13-21(14-12-17)19(22)26-20(2,3)4/h7-10,17H,5-6,11-15H2,1-4H3. The molecule has 0 aliphatic carbocycles. The molecular weight excluding hydrogens is 366 g/mol. The zero-order valence-corrected chi connectivity index (χ0v) is 17.5. The van der Waals surface area contributed by atoms with Crippen molar-refractivity contribution in [3.63, 3.8) is 0 Å². The Bertz CT molecular complexity index is 714. The van der Waals surface area contributed by atoms with Gasteiger partial charge in [-0.25, -0.2) is 4.79 Å². The van der Waals surface area contributed by atoms with Crippen LogP contribution in [-0.4, -0.2) is 44.7 Å². The van der Waals surface area contributed by atoms with E-state index in [1.165, 1.54) is 0 Å². The van der Waals surface area contributed by atoms with E-state index >= 15 is 0 Å². The van der Waals surface area contributed by atoms with Crippen LogP contribution in [0.3, 0.4) is 0 Å². The van der Waals surface area contributed by atoms with Crippen LogP contribution in [0.1, 0.15) is 52.0 Å². The maximum Gasteiger partial charge on any atom is 0.410 e. The number of ether oxygens (including phenoxy) is 1. The van der Waals surface area contributed by atoms with E-state index in [9.17, 15) is 13.2 Å². The molecule has 1 aliphatic rings. The van der Waals surface area contributed by atoms with Gasteiger partial charge in [0.1, 0.15) is 5.60 Å². The summed E-state index contributed by atoms with van der Waals surface area (Å²) in [4.78, 5) is 14.0. The molecule has 0 atom stereocenters. The van der Waals surface area contributed by atoms with Crippen LogP contribution in [0.4, 0.5) is 4.79 Å². The van der Waals surface area contributed by atoms with Gasteiger partial charge in [-0.1, -0.05) is 17.7 Å². The molecular formula is C20H31NO5S. The second-order valence-electron chi connectivity index (χ2n) is 8.14. The van der Waals surface area contributed by atoms with Gasteiger partial charge in [-0.15, -0.1) is 0 Å². The number of likely N-dealkylation sites (tertiary alicyclic amines) is 1. The van der Waals surface area contributed by atoms with E-state index in [1.54, 1.807) is 29.2 Å². The summed E-state index contributed by atoms with van der Waals surface area (Å²) in [5, 5.41) is 0. The van der Waals surface area contributed by atoms with Crippen molar-refractivity contribution < 1.29 is 22.1 Å². The Balaban J connectivity index is 1.68. The van der Waals surface area contributed by atoms with Crippen LogP contribution < -0.4 is 0 Å². The first-order valence-electron chi connectivity index (χ1n) is 9.51. The van der Waals surface area contributed by atoms with E-state index in [2.05, 4.69) is 0 Å². The highest BCUT2D eigenvalue weighted by Gasteiger charge is 2.26. The average molecular weight is 398 g/mol. The summed E-state index contributed by atoms with van der Waals surface area (Å²) in [6.07, 6.45) is 3.13. The van der Waals surface area contributed by atoms with Gasteiger partial charge in [-0.3, -0.25) is 4.18 Å². The molecule has 1 aromatic carbocycles. The third kappa shape index (κ3) is 7.14. The SMILES string of the molecule is Cc1ccc(S(=O)(=O)OCCCC2CCN(C(=O)OC(C)(C)C)CC2)cc1. The van der Waals surface area contributed by atoms with Gasteiger partial charge in [0.05, 0.1) is 11.5 Å². The number of hydrogen-bond acceptors (Lipinski definition) is 5. The second-order valence-corrected chi connectivity index (χ2v) is 9.76. The highest BCUT2D eigenvalue weighted by atomic mass is 32.2. The predicted octanol–water partition coefficient (Wildman–Crippen LogP) is 4.13. The first-order valence-corrected chi connectivity index (χ1v) is 10.9. The van der Waals surface area contributed by atoms with Gasteiger partial charge in [0.25, 0.3) is 10.1 Å². The molecule has 1 saturated heterocycles. The fourth-order valence-electron chi connectivity index (χ4n) is 3.04. The van der Waals surface area contributed by atoms with E-state index in [0.717, 1.165) is 24.8 Å². The Kier molecular flexibility index (Phi) is 7.28. The number of nitrogens with zero attached hydrogens (tertiary/aromatic N) is 1. The number of benzene rings is 1. The molecule has 27 heavy (non-hydrogen) atoms. The van der Waals surface area contributed by atoms with E-state index in [1.807, 2.05) is 27.7 Å². The monoisotopic (exact) mass is 397 g/mol. The van der Waals surface area contributed by atoms with Crippen molar-refractivity contribution in [2.45, 2.75) is 63.9 Å². The number of rotatable bonds is 6. The highest BCUT2D eigenvalue weighted by Crippen LogP contribution is 2.24. The molecule has 1 heterocycles. The van der Waals surface area contributed by atoms with Gasteiger partial charge < -0.3 is 9.64 Å². The number of piperidine rings is 1. The maximum atomic E-state index is 12.1. The van der Waals surface area contributed by atoms with Crippen LogP contribution in [0, 0.1) is 12.8 Å². The lowest BCUT2D eigenvalue weighted by Gasteiger charge is -2.33. The molecule has 0 spiro atoms. The summed E-state index contributed by atoms with van der Waals surface area (Å²) in [5.41, 5.74) is 0.528. The third-order valence-electron chi connectivity index (χ3n) is 4.57. The van der Waals surface area contributed by atoms with E-state index in [4.69, 9.17) is 8.92 Å². The summed E-state index contributed by atoms with van der Waals surface area (Å²) < 4.78 is 34.8. The Morgan fingerprint density at radius 3 is 2.30 bits per heavy atom. The Labute approximate surface area is 163 Å². The molecule has 1 aromatic rings. The van der Waals surface area contributed by atoms with Crippen LogP contribution in [0.5, 0.6) is 0 Å². The number of amides is 1. The minimum absolute atomic E-state index is 0.183. The first kappa shape index (κ1) is 21.7. The lowest BCUT2D eigenvalue weighted by molar-refractivity contribution is 0.0179. The zero-order valence-electron chi connectivity index (χ0n) is 16.7. The summed E-state index contributed by atoms with van der Waals surface area (Å²) >= 11 is 0. The normalized spacial score (nSPS) is 16.4. The van der Waals surface area contributed by atoms with Crippen LogP contribution in [0.15, 0.2) is 29.2 Å². The lowest BCUT2D eigenvalue weighted by atomic mass is 9.92. The van der Waals surface area contributed by atoms with Crippen molar-refractivity contribution in [1.82, 2.24) is 4.90 Å². The number of hydrogen-bond donors (Lipinski definition) is 0. The molecule has 1 amide bonds. The zero-order chi connectivity index (χ0) is 20.1. The van der Waals surface area contributed by atoms with Crippen molar-refractivity contribution >= 4 is 16.2 Å². The Hall–Kier alpha value is -1.60. The third-order valence-corrected chi connectivity index (χ3v) is 5.90. The molecule has 0 saturated carbocycles. The summed E-state index contributed by atoms with van der Waals surface area (Å²) in [6.45, 7) is 9.05. The van der Waals surface area contributed by atoms with Crippen molar-refractivity contribution in [2.75, 3.05) is 19.7 Å². The largest absolute Gasteiger partial charge is 0.444 e. The molecule has 1 aliphatic heterocycles. The van der Waals surface area contributed by atoms with Crippen LogP contribution in [0.25, 0.3) is 0 Å². The molecule has 0 radical (unpaired) electrons. The first-order chi connectivity index (χ1) is 12.6. The smallest absolute Gasteiger partial charge is 0.410 e. The van der Waals surface area contributed by atoms with Gasteiger partial charge in [-0.05, 0) is 71.4 Å². The summed E-state index contributed by atoms with van der Waals surface area (Å²) in [5.74, 6) is 0.481. The quantitative estimate of drug-likeness (QED) is 0.533. The minimum Gasteiger partial charge on any atom is -0.444 e. The van der Waals surface area contributed by atoms with Crippen molar-refractivity contribution in [2.24, 2.45) is 5.92 Å². The molecule has 0 N–H and O–H groups in total. The molecule has 0 bridgehead atoms. The molecule has 2 rings (SSSR count). The Morgan fingerprint density at radius 2 is 1.74 bits per heavy atom. The van der Waals surface area contributed by atoms with E-state index in [-0.39, 0.29) is 17.6 Å². The van der Waals surface area contributed by atoms with Gasteiger partial charge in [0, 0.05) is 13.1 Å². The lowest BCUT2D eigenvalue weighted by Crippen LogP contribution is -2.41. The fourth-order valence-corrected chi connectivity index (χ4v) is 3.99. The molecule has 1 fully saturated rings. The number of carbonyl (C=O) groups is 1. The molecule has 0 unspecified atom stereocenters. The van der Waals surface area contributed by atoms with Gasteiger partial charge in [-0.2, -0.15) is 8.42 Å². The fraction of sp³-hybridized carbons (Fsp3) is 0.650. The predicted molar refractivity (Wildman–Crippen MR) is 104 cm³/mol. The summed E-state index contributed by atoms with van der Waals surface area (Å²) in [7, 11) is -3.69. The van der Waals surface area contributed by atoms with Crippen molar-refractivity contribution in [3.8, 4) is 0 Å². The molecule has 0 aromatic heterocycles. The van der Waals surface area contributed by atoms with Gasteiger partial charge in [0.2, 0.25) is 0 Å². The maximum absolute atomic E-state index is 12.1. The minimum atomic E-state index is -3.69. The summed E-state index contributed by atoms with van der Waals surface area (Å²) in [6, 6.07) is 6.65.